The molecule has 0 aliphatic rings. The van der Waals surface area contributed by atoms with Crippen LogP contribution >= 0.6 is 45.8 Å². The van der Waals surface area contributed by atoms with Crippen LogP contribution in [0, 0.1) is 3.57 Å². The van der Waals surface area contributed by atoms with Crippen LogP contribution in [0.3, 0.4) is 0 Å². The van der Waals surface area contributed by atoms with Crippen molar-refractivity contribution < 1.29 is 9.90 Å². The highest BCUT2D eigenvalue weighted by atomic mass is 127. The van der Waals surface area contributed by atoms with Gasteiger partial charge in [0.1, 0.15) is 10.3 Å². The number of halogens is 3. The minimum atomic E-state index is -1.11. The molecule has 0 bridgehead atoms. The summed E-state index contributed by atoms with van der Waals surface area (Å²) in [6.45, 7) is 0. The van der Waals surface area contributed by atoms with Gasteiger partial charge in [-0.05, 0) is 28.7 Å². The number of carbonyl (C=O) groups is 1. The Morgan fingerprint density at radius 2 is 2.08 bits per heavy atom. The van der Waals surface area contributed by atoms with Crippen molar-refractivity contribution in [3.8, 4) is 0 Å². The van der Waals surface area contributed by atoms with E-state index in [2.05, 4.69) is 4.98 Å². The normalized spacial score (nSPS) is 9.92. The van der Waals surface area contributed by atoms with Gasteiger partial charge in [-0.3, -0.25) is 0 Å². The number of carboxylic acids is 1. The van der Waals surface area contributed by atoms with Crippen molar-refractivity contribution in [2.24, 2.45) is 0 Å². The third-order valence-corrected chi connectivity index (χ3v) is 2.83. The van der Waals surface area contributed by atoms with Gasteiger partial charge in [0, 0.05) is 0 Å². The maximum absolute atomic E-state index is 10.5. The van der Waals surface area contributed by atoms with Crippen molar-refractivity contribution in [3.63, 3.8) is 0 Å². The van der Waals surface area contributed by atoms with Gasteiger partial charge in [0.15, 0.2) is 0 Å². The average Bonchev–Trinajstić information content (AvgIpc) is 1.96. The Balaban J connectivity index is 3.33. The number of carboxylic acid groups (broad SMARTS) is 1. The summed E-state index contributed by atoms with van der Waals surface area (Å²) in [5, 5.41) is 8.73. The molecule has 0 fully saturated rings. The average molecular weight is 318 g/mol. The van der Waals surface area contributed by atoms with E-state index in [0.29, 0.717) is 3.57 Å². The van der Waals surface area contributed by atoms with E-state index in [1.54, 1.807) is 0 Å². The number of rotatable bonds is 1. The van der Waals surface area contributed by atoms with E-state index in [1.807, 2.05) is 22.6 Å². The largest absolute Gasteiger partial charge is 0.478 e. The number of aromatic nitrogens is 1. The van der Waals surface area contributed by atoms with E-state index in [1.165, 1.54) is 6.07 Å². The minimum Gasteiger partial charge on any atom is -0.478 e. The minimum absolute atomic E-state index is 0.0366. The molecule has 0 saturated heterocycles. The van der Waals surface area contributed by atoms with Gasteiger partial charge >= 0.3 is 5.97 Å². The van der Waals surface area contributed by atoms with Gasteiger partial charge < -0.3 is 5.11 Å². The summed E-state index contributed by atoms with van der Waals surface area (Å²) in [6.07, 6.45) is 0. The number of aromatic carboxylic acids is 1. The summed E-state index contributed by atoms with van der Waals surface area (Å²) >= 11 is 13.0. The molecule has 0 unspecified atom stereocenters. The summed E-state index contributed by atoms with van der Waals surface area (Å²) in [7, 11) is 0. The summed E-state index contributed by atoms with van der Waals surface area (Å²) in [5.41, 5.74) is -0.0366. The third kappa shape index (κ3) is 1.99. The van der Waals surface area contributed by atoms with Gasteiger partial charge in [-0.2, -0.15) is 0 Å². The van der Waals surface area contributed by atoms with E-state index in [9.17, 15) is 4.79 Å². The number of nitrogens with zero attached hydrogens (tertiary/aromatic N) is 1. The zero-order valence-electron chi connectivity index (χ0n) is 5.51. The van der Waals surface area contributed by atoms with Crippen LogP contribution in [0.15, 0.2) is 6.07 Å². The van der Waals surface area contributed by atoms with Crippen LogP contribution < -0.4 is 0 Å². The molecule has 0 aliphatic carbocycles. The summed E-state index contributed by atoms with van der Waals surface area (Å²) in [5.74, 6) is -1.11. The van der Waals surface area contributed by atoms with Crippen molar-refractivity contribution >= 4 is 51.8 Å². The Bertz CT molecular complexity index is 343. The Labute approximate surface area is 91.8 Å². The number of hydrogen-bond donors (Lipinski definition) is 1. The molecular formula is C6H2Cl2INO2. The topological polar surface area (TPSA) is 50.2 Å². The molecule has 3 nitrogen and oxygen atoms in total. The highest BCUT2D eigenvalue weighted by Gasteiger charge is 2.12. The molecule has 0 spiro atoms. The molecule has 1 N–H and O–H groups in total. The Kier molecular flexibility index (Phi) is 3.14. The SMILES string of the molecule is O=C(O)c1cc(I)c(Cl)nc1Cl. The van der Waals surface area contributed by atoms with Gasteiger partial charge in [-0.25, -0.2) is 9.78 Å². The van der Waals surface area contributed by atoms with Gasteiger partial charge in [-0.1, -0.05) is 23.2 Å². The van der Waals surface area contributed by atoms with Crippen LogP contribution in [0.4, 0.5) is 0 Å². The van der Waals surface area contributed by atoms with Gasteiger partial charge in [0.25, 0.3) is 0 Å². The second-order valence-corrected chi connectivity index (χ2v) is 3.78. The first-order chi connectivity index (χ1) is 5.52. The molecule has 0 radical (unpaired) electrons. The molecule has 64 valence electrons. The van der Waals surface area contributed by atoms with Crippen molar-refractivity contribution in [3.05, 3.63) is 25.5 Å². The standard InChI is InChI=1S/C6H2Cl2INO2/c7-4-2(6(11)12)1-3(9)5(8)10-4/h1H,(H,11,12). The van der Waals surface area contributed by atoms with Crippen molar-refractivity contribution in [2.75, 3.05) is 0 Å². The second-order valence-electron chi connectivity index (χ2n) is 1.90. The monoisotopic (exact) mass is 317 g/mol. The Morgan fingerprint density at radius 1 is 1.50 bits per heavy atom. The first-order valence-electron chi connectivity index (χ1n) is 2.77. The van der Waals surface area contributed by atoms with Crippen LogP contribution in [0.25, 0.3) is 0 Å². The molecular weight excluding hydrogens is 316 g/mol. The van der Waals surface area contributed by atoms with Crippen LogP contribution in [0.1, 0.15) is 10.4 Å². The van der Waals surface area contributed by atoms with Crippen LogP contribution in [-0.2, 0) is 0 Å². The molecule has 0 amide bonds. The lowest BCUT2D eigenvalue weighted by Crippen LogP contribution is -2.00. The maximum atomic E-state index is 10.5. The molecule has 1 aromatic rings. The fourth-order valence-electron chi connectivity index (χ4n) is 0.596. The summed E-state index contributed by atoms with van der Waals surface area (Å²) in [6, 6.07) is 1.38. The molecule has 1 rings (SSSR count). The summed E-state index contributed by atoms with van der Waals surface area (Å²) < 4.78 is 0.566. The fraction of sp³-hybridized carbons (Fsp3) is 0. The van der Waals surface area contributed by atoms with Crippen LogP contribution in [0.2, 0.25) is 10.3 Å². The van der Waals surface area contributed by atoms with Gasteiger partial charge in [-0.15, -0.1) is 0 Å². The lowest BCUT2D eigenvalue weighted by Gasteiger charge is -1.99. The quantitative estimate of drug-likeness (QED) is 0.640. The molecule has 12 heavy (non-hydrogen) atoms. The van der Waals surface area contributed by atoms with Crippen LogP contribution in [-0.4, -0.2) is 16.1 Å². The molecule has 0 saturated carbocycles. The lowest BCUT2D eigenvalue weighted by atomic mass is 10.3. The fourth-order valence-corrected chi connectivity index (χ4v) is 1.43. The second kappa shape index (κ2) is 3.76. The molecule has 1 heterocycles. The predicted octanol–water partition coefficient (Wildman–Crippen LogP) is 2.69. The predicted molar refractivity (Wildman–Crippen MR) is 53.9 cm³/mol. The lowest BCUT2D eigenvalue weighted by molar-refractivity contribution is 0.0696. The third-order valence-electron chi connectivity index (χ3n) is 1.12. The van der Waals surface area contributed by atoms with E-state index in [4.69, 9.17) is 28.3 Å². The maximum Gasteiger partial charge on any atom is 0.338 e. The first-order valence-corrected chi connectivity index (χ1v) is 4.60. The van der Waals surface area contributed by atoms with Gasteiger partial charge in [0.2, 0.25) is 0 Å². The Hall–Kier alpha value is -0.0700. The number of hydrogen-bond acceptors (Lipinski definition) is 2. The van der Waals surface area contributed by atoms with Crippen molar-refractivity contribution in [1.82, 2.24) is 4.98 Å². The molecule has 0 atom stereocenters. The Morgan fingerprint density at radius 3 is 2.58 bits per heavy atom. The van der Waals surface area contributed by atoms with Crippen LogP contribution in [0.5, 0.6) is 0 Å². The highest BCUT2D eigenvalue weighted by molar-refractivity contribution is 14.1. The van der Waals surface area contributed by atoms with E-state index in [-0.39, 0.29) is 15.9 Å². The zero-order chi connectivity index (χ0) is 9.30. The highest BCUT2D eigenvalue weighted by Crippen LogP contribution is 2.22. The van der Waals surface area contributed by atoms with Crippen molar-refractivity contribution in [1.29, 1.82) is 0 Å². The van der Waals surface area contributed by atoms with E-state index in [0.717, 1.165) is 0 Å². The number of pyridine rings is 1. The van der Waals surface area contributed by atoms with Crippen molar-refractivity contribution in [2.45, 2.75) is 0 Å². The van der Waals surface area contributed by atoms with E-state index < -0.39 is 5.97 Å². The summed E-state index contributed by atoms with van der Waals surface area (Å²) in [4.78, 5) is 14.2. The zero-order valence-corrected chi connectivity index (χ0v) is 9.18. The smallest absolute Gasteiger partial charge is 0.338 e. The molecule has 1 aromatic heterocycles. The van der Waals surface area contributed by atoms with Gasteiger partial charge in [0.05, 0.1) is 9.13 Å². The first kappa shape index (κ1) is 10.0. The molecule has 6 heteroatoms. The van der Waals surface area contributed by atoms with E-state index >= 15 is 0 Å². The molecule has 0 aromatic carbocycles. The molecule has 0 aliphatic heterocycles.